The normalized spacial score (nSPS) is 13.0. The van der Waals surface area contributed by atoms with E-state index >= 15 is 0 Å². The van der Waals surface area contributed by atoms with Crippen LogP contribution in [0.5, 0.6) is 0 Å². The number of rotatable bonds is 11. The summed E-state index contributed by atoms with van der Waals surface area (Å²) in [5.74, 6) is 1.31. The lowest BCUT2D eigenvalue weighted by Crippen LogP contribution is -3.17. The van der Waals surface area contributed by atoms with Crippen molar-refractivity contribution in [1.29, 1.82) is 0 Å². The molecular formula is C23H33N2O4+. The summed E-state index contributed by atoms with van der Waals surface area (Å²) in [6.07, 6.45) is 1.65. The fourth-order valence-electron chi connectivity index (χ4n) is 3.39. The number of quaternary nitrogens is 1. The Kier molecular flexibility index (Phi) is 8.93. The number of hydrogen-bond acceptors (Lipinski definition) is 4. The minimum Gasteiger partial charge on any atom is -0.465 e. The van der Waals surface area contributed by atoms with Gasteiger partial charge in [0.2, 0.25) is 0 Å². The highest BCUT2D eigenvalue weighted by atomic mass is 16.5. The number of nitrogens with zero attached hydrogens (tertiary/aromatic N) is 1. The molecule has 1 aromatic carbocycles. The Morgan fingerprint density at radius 2 is 1.90 bits per heavy atom. The average molecular weight is 402 g/mol. The number of nitrogens with one attached hydrogen (secondary N) is 1. The summed E-state index contributed by atoms with van der Waals surface area (Å²) in [6.45, 7) is 7.75. The first-order valence-electron chi connectivity index (χ1n) is 10.2. The molecule has 2 rings (SSSR count). The number of carbonyl (C=O) groups excluding carboxylic acids is 2. The Hall–Kier alpha value is -2.60. The monoisotopic (exact) mass is 401 g/mol. The van der Waals surface area contributed by atoms with Gasteiger partial charge >= 0.3 is 5.97 Å². The second-order valence-electron chi connectivity index (χ2n) is 7.39. The first-order valence-corrected chi connectivity index (χ1v) is 10.2. The molecule has 2 atom stereocenters. The smallest absolute Gasteiger partial charge is 0.364 e. The van der Waals surface area contributed by atoms with E-state index in [0.717, 1.165) is 35.8 Å². The Morgan fingerprint density at radius 3 is 2.48 bits per heavy atom. The van der Waals surface area contributed by atoms with Gasteiger partial charge < -0.3 is 19.0 Å². The number of amides is 1. The third-order valence-corrected chi connectivity index (χ3v) is 5.13. The van der Waals surface area contributed by atoms with E-state index in [-0.39, 0.29) is 24.5 Å². The second-order valence-corrected chi connectivity index (χ2v) is 7.39. The largest absolute Gasteiger partial charge is 0.465 e. The molecule has 0 fully saturated rings. The molecule has 1 unspecified atom stereocenters. The molecule has 0 radical (unpaired) electrons. The summed E-state index contributed by atoms with van der Waals surface area (Å²) in [5, 5.41) is 0. The van der Waals surface area contributed by atoms with Crippen molar-refractivity contribution in [3.05, 3.63) is 59.5 Å². The molecule has 0 aliphatic heterocycles. The number of furan rings is 1. The van der Waals surface area contributed by atoms with Gasteiger partial charge in [0, 0.05) is 6.54 Å². The van der Waals surface area contributed by atoms with Crippen molar-refractivity contribution < 1.29 is 23.6 Å². The van der Waals surface area contributed by atoms with Crippen LogP contribution in [0.15, 0.2) is 46.9 Å². The van der Waals surface area contributed by atoms with Crippen LogP contribution >= 0.6 is 0 Å². The van der Waals surface area contributed by atoms with Crippen LogP contribution in [0.1, 0.15) is 37.4 Å². The molecule has 0 aliphatic rings. The van der Waals surface area contributed by atoms with Gasteiger partial charge in [-0.1, -0.05) is 37.3 Å². The van der Waals surface area contributed by atoms with Gasteiger partial charge in [-0.3, -0.25) is 4.79 Å². The molecule has 0 aliphatic carbocycles. The highest BCUT2D eigenvalue weighted by Gasteiger charge is 2.29. The third-order valence-electron chi connectivity index (χ3n) is 5.13. The molecule has 158 valence electrons. The van der Waals surface area contributed by atoms with Gasteiger partial charge in [0.15, 0.2) is 12.6 Å². The second kappa shape index (κ2) is 11.4. The number of hydrogen-bond donors (Lipinski definition) is 1. The summed E-state index contributed by atoms with van der Waals surface area (Å²) in [4.78, 5) is 27.9. The van der Waals surface area contributed by atoms with Crippen LogP contribution in [0.2, 0.25) is 0 Å². The molecular weight excluding hydrogens is 368 g/mol. The summed E-state index contributed by atoms with van der Waals surface area (Å²) in [5.41, 5.74) is 1.18. The standard InChI is InChI=1S/C23H32N2O4/c1-5-14-24(19(3)23(27)28-4)17-22(26)25(16-21-12-11-18(2)29-21)15-13-20-9-7-6-8-10-20/h6-12,19H,5,13-17H2,1-4H3/p+1/t19-/m0/s1. The Bertz CT molecular complexity index is 772. The maximum atomic E-state index is 13.2. The van der Waals surface area contributed by atoms with Crippen molar-refractivity contribution in [3.63, 3.8) is 0 Å². The number of carbonyl (C=O) groups is 2. The minimum atomic E-state index is -0.384. The van der Waals surface area contributed by atoms with Crippen molar-refractivity contribution in [2.24, 2.45) is 0 Å². The quantitative estimate of drug-likeness (QED) is 0.585. The van der Waals surface area contributed by atoms with E-state index in [2.05, 4.69) is 12.1 Å². The lowest BCUT2D eigenvalue weighted by atomic mass is 10.1. The van der Waals surface area contributed by atoms with E-state index in [1.165, 1.54) is 12.7 Å². The molecule has 0 saturated heterocycles. The number of benzene rings is 1. The predicted molar refractivity (Wildman–Crippen MR) is 111 cm³/mol. The van der Waals surface area contributed by atoms with Crippen molar-refractivity contribution in [2.45, 2.75) is 46.2 Å². The van der Waals surface area contributed by atoms with E-state index in [1.807, 2.05) is 56.0 Å². The molecule has 0 bridgehead atoms. The number of aryl methyl sites for hydroxylation is 1. The van der Waals surface area contributed by atoms with Gasteiger partial charge in [-0.15, -0.1) is 0 Å². The van der Waals surface area contributed by atoms with Gasteiger partial charge in [0.05, 0.1) is 20.2 Å². The molecule has 1 aromatic heterocycles. The van der Waals surface area contributed by atoms with E-state index in [1.54, 1.807) is 0 Å². The molecule has 6 heteroatoms. The zero-order valence-corrected chi connectivity index (χ0v) is 17.9. The van der Waals surface area contributed by atoms with Gasteiger partial charge in [0.1, 0.15) is 11.5 Å². The molecule has 1 amide bonds. The first-order chi connectivity index (χ1) is 13.9. The van der Waals surface area contributed by atoms with Crippen molar-refractivity contribution in [1.82, 2.24) is 4.90 Å². The summed E-state index contributed by atoms with van der Waals surface area (Å²) < 4.78 is 10.6. The van der Waals surface area contributed by atoms with Crippen molar-refractivity contribution in [3.8, 4) is 0 Å². The SMILES string of the molecule is CCC[NH+](CC(=O)N(CCc1ccccc1)Cc1ccc(C)o1)[C@@H](C)C(=O)OC. The number of ether oxygens (including phenoxy) is 1. The van der Waals surface area contributed by atoms with Crippen LogP contribution in [0.25, 0.3) is 0 Å². The number of esters is 1. The highest BCUT2D eigenvalue weighted by molar-refractivity contribution is 5.78. The molecule has 0 spiro atoms. The van der Waals surface area contributed by atoms with Crippen LogP contribution in [-0.2, 0) is 27.3 Å². The zero-order valence-electron chi connectivity index (χ0n) is 17.9. The Labute approximate surface area is 173 Å². The zero-order chi connectivity index (χ0) is 21.2. The maximum absolute atomic E-state index is 13.2. The average Bonchev–Trinajstić information content (AvgIpc) is 3.14. The predicted octanol–water partition coefficient (Wildman–Crippen LogP) is 2.02. The van der Waals surface area contributed by atoms with Crippen LogP contribution in [0.3, 0.4) is 0 Å². The molecule has 1 N–H and O–H groups in total. The van der Waals surface area contributed by atoms with Crippen molar-refractivity contribution >= 4 is 11.9 Å². The van der Waals surface area contributed by atoms with Crippen LogP contribution in [0.4, 0.5) is 0 Å². The van der Waals surface area contributed by atoms with Crippen LogP contribution < -0.4 is 4.90 Å². The van der Waals surface area contributed by atoms with E-state index in [9.17, 15) is 9.59 Å². The Morgan fingerprint density at radius 1 is 1.17 bits per heavy atom. The topological polar surface area (TPSA) is 64.2 Å². The highest BCUT2D eigenvalue weighted by Crippen LogP contribution is 2.11. The fraction of sp³-hybridized carbons (Fsp3) is 0.478. The lowest BCUT2D eigenvalue weighted by molar-refractivity contribution is -0.907. The molecule has 6 nitrogen and oxygen atoms in total. The summed E-state index contributed by atoms with van der Waals surface area (Å²) in [6, 6.07) is 13.5. The van der Waals surface area contributed by atoms with Gasteiger partial charge in [-0.05, 0) is 44.4 Å². The third kappa shape index (κ3) is 7.06. The van der Waals surface area contributed by atoms with Crippen molar-refractivity contribution in [2.75, 3.05) is 26.7 Å². The van der Waals surface area contributed by atoms with Crippen LogP contribution in [0, 0.1) is 6.92 Å². The molecule has 29 heavy (non-hydrogen) atoms. The maximum Gasteiger partial charge on any atom is 0.364 e. The Balaban J connectivity index is 2.11. The minimum absolute atomic E-state index is 0.00851. The first kappa shape index (κ1) is 22.7. The van der Waals surface area contributed by atoms with Crippen LogP contribution in [-0.4, -0.2) is 49.6 Å². The van der Waals surface area contributed by atoms with E-state index in [4.69, 9.17) is 9.15 Å². The molecule has 2 aromatic rings. The summed E-state index contributed by atoms with van der Waals surface area (Å²) in [7, 11) is 1.38. The van der Waals surface area contributed by atoms with E-state index in [0.29, 0.717) is 13.1 Å². The number of methoxy groups -OCH3 is 1. The molecule has 0 saturated carbocycles. The van der Waals surface area contributed by atoms with Gasteiger partial charge in [-0.25, -0.2) is 4.79 Å². The molecule has 1 heterocycles. The fourth-order valence-corrected chi connectivity index (χ4v) is 3.39. The van der Waals surface area contributed by atoms with Gasteiger partial charge in [0.25, 0.3) is 5.91 Å². The van der Waals surface area contributed by atoms with E-state index < -0.39 is 0 Å². The summed E-state index contributed by atoms with van der Waals surface area (Å²) >= 11 is 0. The lowest BCUT2D eigenvalue weighted by Gasteiger charge is -2.27. The van der Waals surface area contributed by atoms with Gasteiger partial charge in [-0.2, -0.15) is 0 Å².